The second kappa shape index (κ2) is 9.10. The molecule has 6 N–H and O–H groups in total. The molecule has 0 radical (unpaired) electrons. The number of ether oxygens (including phenoxy) is 1. The molecular weight excluding hydrogens is 432 g/mol. The van der Waals surface area contributed by atoms with Crippen molar-refractivity contribution in [2.45, 2.75) is 36.9 Å². The van der Waals surface area contributed by atoms with Crippen LogP contribution in [0.25, 0.3) is 11.2 Å². The van der Waals surface area contributed by atoms with Gasteiger partial charge in [0.15, 0.2) is 23.9 Å². The number of benzene rings is 1. The summed E-state index contributed by atoms with van der Waals surface area (Å²) in [5.41, 5.74) is 6.96. The Morgan fingerprint density at radius 2 is 1.94 bits per heavy atom. The molecule has 0 bridgehead atoms. The Hall–Kier alpha value is -3.60. The smallest absolute Gasteiger partial charge is 0.211 e. The summed E-state index contributed by atoms with van der Waals surface area (Å²) < 4.78 is 6.98. The van der Waals surface area contributed by atoms with Crippen molar-refractivity contribution in [1.29, 1.82) is 0 Å². The van der Waals surface area contributed by atoms with Crippen molar-refractivity contribution in [3.63, 3.8) is 0 Å². The lowest BCUT2D eigenvalue weighted by Gasteiger charge is -2.26. The first kappa shape index (κ1) is 22.6. The van der Waals surface area contributed by atoms with E-state index in [9.17, 15) is 25.2 Å². The van der Waals surface area contributed by atoms with E-state index >= 15 is 0 Å². The van der Waals surface area contributed by atoms with Gasteiger partial charge in [0.05, 0.1) is 6.33 Å². The molecular formula is C21H22N6O6. The number of aliphatic hydroxyl groups excluding tert-OH is 4. The van der Waals surface area contributed by atoms with Gasteiger partial charge in [-0.2, -0.15) is 0 Å². The summed E-state index contributed by atoms with van der Waals surface area (Å²) >= 11 is 0. The van der Waals surface area contributed by atoms with Crippen LogP contribution in [-0.4, -0.2) is 82.8 Å². The molecule has 3 aromatic rings. The molecule has 6 atom stereocenters. The quantitative estimate of drug-likeness (QED) is 0.173. The summed E-state index contributed by atoms with van der Waals surface area (Å²) in [6.45, 7) is 0. The van der Waals surface area contributed by atoms with Gasteiger partial charge in [-0.15, -0.1) is 0 Å². The van der Waals surface area contributed by atoms with Crippen molar-refractivity contribution in [1.82, 2.24) is 24.4 Å². The highest BCUT2D eigenvalue weighted by Gasteiger charge is 2.48. The largest absolute Gasteiger partial charge is 0.387 e. The van der Waals surface area contributed by atoms with Crippen LogP contribution in [0.2, 0.25) is 0 Å². The van der Waals surface area contributed by atoms with Gasteiger partial charge < -0.3 is 35.8 Å². The molecule has 172 valence electrons. The summed E-state index contributed by atoms with van der Waals surface area (Å²) in [7, 11) is 1.31. The zero-order valence-corrected chi connectivity index (χ0v) is 17.4. The number of imidazole rings is 1. The van der Waals surface area contributed by atoms with Crippen molar-refractivity contribution in [3.05, 3.63) is 48.0 Å². The van der Waals surface area contributed by atoms with Crippen molar-refractivity contribution in [2.24, 2.45) is 0 Å². The maximum absolute atomic E-state index is 10.9. The highest BCUT2D eigenvalue weighted by atomic mass is 16.6. The predicted octanol–water partition coefficient (Wildman–Crippen LogP) is -1.48. The third kappa shape index (κ3) is 4.23. The SMILES string of the molecule is CN(C=O)C(O)[C@H]1O[C@@H](n2cnc3c(N)nc(C#CC(O)c4ccccc4)nc32)[C@H](O)[C@@H]1O. The lowest BCUT2D eigenvalue weighted by molar-refractivity contribution is -0.149. The first-order chi connectivity index (χ1) is 15.8. The van der Waals surface area contributed by atoms with Crippen molar-refractivity contribution >= 4 is 23.4 Å². The van der Waals surface area contributed by atoms with E-state index in [4.69, 9.17) is 10.5 Å². The van der Waals surface area contributed by atoms with Crippen LogP contribution < -0.4 is 5.73 Å². The van der Waals surface area contributed by atoms with Crippen LogP contribution in [0, 0.1) is 11.8 Å². The number of hydrogen-bond acceptors (Lipinski definition) is 10. The molecule has 1 aliphatic heterocycles. The Balaban J connectivity index is 1.66. The summed E-state index contributed by atoms with van der Waals surface area (Å²) in [5, 5.41) is 41.4. The number of nitrogen functional groups attached to an aromatic ring is 1. The van der Waals surface area contributed by atoms with Crippen LogP contribution in [0.15, 0.2) is 36.7 Å². The molecule has 3 heterocycles. The molecule has 2 aromatic heterocycles. The number of rotatable bonds is 5. The van der Waals surface area contributed by atoms with Crippen molar-refractivity contribution < 1.29 is 30.0 Å². The van der Waals surface area contributed by atoms with Gasteiger partial charge in [0, 0.05) is 7.05 Å². The van der Waals surface area contributed by atoms with Gasteiger partial charge >= 0.3 is 0 Å². The minimum Gasteiger partial charge on any atom is -0.387 e. The average molecular weight is 454 g/mol. The van der Waals surface area contributed by atoms with E-state index in [0.717, 1.165) is 4.90 Å². The average Bonchev–Trinajstić information content (AvgIpc) is 3.38. The monoisotopic (exact) mass is 454 g/mol. The van der Waals surface area contributed by atoms with Crippen LogP contribution in [0.1, 0.15) is 23.7 Å². The Morgan fingerprint density at radius 3 is 2.64 bits per heavy atom. The van der Waals surface area contributed by atoms with E-state index in [1.807, 2.05) is 6.07 Å². The molecule has 2 unspecified atom stereocenters. The fraction of sp³-hybridized carbons (Fsp3) is 0.333. The minimum atomic E-state index is -1.50. The Bertz CT molecular complexity index is 1210. The molecule has 0 aliphatic carbocycles. The zero-order chi connectivity index (χ0) is 23.7. The maximum atomic E-state index is 10.9. The minimum absolute atomic E-state index is 0.00189. The van der Waals surface area contributed by atoms with Gasteiger partial charge in [-0.25, -0.2) is 15.0 Å². The number of amides is 1. The lowest BCUT2D eigenvalue weighted by atomic mass is 10.1. The van der Waals surface area contributed by atoms with E-state index in [1.54, 1.807) is 24.3 Å². The van der Waals surface area contributed by atoms with E-state index < -0.39 is 36.9 Å². The number of hydrogen-bond donors (Lipinski definition) is 5. The zero-order valence-electron chi connectivity index (χ0n) is 17.4. The third-order valence-corrected chi connectivity index (χ3v) is 5.31. The Labute approximate surface area is 187 Å². The van der Waals surface area contributed by atoms with Gasteiger partial charge in [-0.1, -0.05) is 36.3 Å². The molecule has 33 heavy (non-hydrogen) atoms. The van der Waals surface area contributed by atoms with Gasteiger partial charge in [-0.05, 0) is 11.5 Å². The van der Waals surface area contributed by atoms with E-state index in [-0.39, 0.29) is 22.8 Å². The first-order valence-electron chi connectivity index (χ1n) is 9.93. The molecule has 4 rings (SSSR count). The number of fused-ring (bicyclic) bond motifs is 1. The molecule has 12 heteroatoms. The fourth-order valence-electron chi connectivity index (χ4n) is 3.49. The van der Waals surface area contributed by atoms with Crippen LogP contribution in [0.5, 0.6) is 0 Å². The molecule has 1 saturated heterocycles. The van der Waals surface area contributed by atoms with E-state index in [0.29, 0.717) is 12.0 Å². The Kier molecular flexibility index (Phi) is 6.23. The van der Waals surface area contributed by atoms with E-state index in [2.05, 4.69) is 26.8 Å². The number of aromatic nitrogens is 4. The number of aliphatic hydroxyl groups is 4. The molecule has 1 aliphatic rings. The van der Waals surface area contributed by atoms with Gasteiger partial charge in [0.25, 0.3) is 0 Å². The highest BCUT2D eigenvalue weighted by molar-refractivity contribution is 5.82. The van der Waals surface area contributed by atoms with E-state index in [1.165, 1.54) is 17.9 Å². The molecule has 1 aromatic carbocycles. The number of nitrogens with zero attached hydrogens (tertiary/aromatic N) is 5. The standard InChI is InChI=1S/C21H22N6O6/c1-26(10-28)20(32)17-15(30)16(31)21(33-17)27-9-23-14-18(22)24-13(25-19(14)27)8-7-12(29)11-5-3-2-4-6-11/h2-6,9-10,12,15-17,20-21,29-32H,1H3,(H2,22,24,25)/t12?,15-,16+,17-,20?,21+/m0/s1. The lowest BCUT2D eigenvalue weighted by Crippen LogP contribution is -2.46. The second-order valence-electron chi connectivity index (χ2n) is 7.50. The van der Waals surface area contributed by atoms with Gasteiger partial charge in [0.2, 0.25) is 12.2 Å². The molecule has 1 amide bonds. The second-order valence-corrected chi connectivity index (χ2v) is 7.50. The number of carbonyl (C=O) groups is 1. The summed E-state index contributed by atoms with van der Waals surface area (Å²) in [6, 6.07) is 8.82. The third-order valence-electron chi connectivity index (χ3n) is 5.31. The number of likely N-dealkylation sites (N-methyl/N-ethyl adjacent to an activating group) is 1. The number of nitrogens with two attached hydrogens (primary N) is 1. The van der Waals surface area contributed by atoms with Gasteiger partial charge in [-0.3, -0.25) is 9.36 Å². The van der Waals surface area contributed by atoms with Crippen LogP contribution in [0.3, 0.4) is 0 Å². The predicted molar refractivity (Wildman–Crippen MR) is 114 cm³/mol. The van der Waals surface area contributed by atoms with Gasteiger partial charge in [0.1, 0.15) is 29.9 Å². The molecule has 0 saturated carbocycles. The topological polar surface area (TPSA) is 180 Å². The van der Waals surface area contributed by atoms with Crippen LogP contribution >= 0.6 is 0 Å². The maximum Gasteiger partial charge on any atom is 0.211 e. The molecule has 12 nitrogen and oxygen atoms in total. The highest BCUT2D eigenvalue weighted by Crippen LogP contribution is 2.33. The van der Waals surface area contributed by atoms with Crippen LogP contribution in [-0.2, 0) is 9.53 Å². The summed E-state index contributed by atoms with van der Waals surface area (Å²) in [6.07, 6.45) is -6.32. The molecule has 1 fully saturated rings. The molecule has 0 spiro atoms. The van der Waals surface area contributed by atoms with Crippen LogP contribution in [0.4, 0.5) is 5.82 Å². The summed E-state index contributed by atoms with van der Waals surface area (Å²) in [4.78, 5) is 24.4. The van der Waals surface area contributed by atoms with Crippen molar-refractivity contribution in [2.75, 3.05) is 12.8 Å². The normalized spacial score (nSPS) is 24.2. The fourth-order valence-corrected chi connectivity index (χ4v) is 3.49. The number of carbonyl (C=O) groups excluding carboxylic acids is 1. The first-order valence-corrected chi connectivity index (χ1v) is 9.93. The number of anilines is 1. The van der Waals surface area contributed by atoms with Crippen molar-refractivity contribution in [3.8, 4) is 11.8 Å². The Morgan fingerprint density at radius 1 is 1.21 bits per heavy atom. The summed E-state index contributed by atoms with van der Waals surface area (Å²) in [5.74, 6) is 5.34.